The zero-order chi connectivity index (χ0) is 7.52. The van der Waals surface area contributed by atoms with E-state index < -0.39 is 0 Å². The van der Waals surface area contributed by atoms with E-state index in [-0.39, 0.29) is 18.9 Å². The molecule has 0 heterocycles. The molecule has 0 aliphatic heterocycles. The summed E-state index contributed by atoms with van der Waals surface area (Å²) < 4.78 is 0. The SMILES string of the molecule is [Li+].c1cc[c-](C2CCCCC2)c1. The number of hydrogen-bond donors (Lipinski definition) is 0. The van der Waals surface area contributed by atoms with Crippen molar-refractivity contribution in [3.8, 4) is 0 Å². The molecule has 0 aromatic heterocycles. The molecule has 0 bridgehead atoms. The Morgan fingerprint density at radius 2 is 1.50 bits per heavy atom. The Hall–Kier alpha value is -0.0526. The van der Waals surface area contributed by atoms with Crippen molar-refractivity contribution in [2.75, 3.05) is 0 Å². The molecule has 1 heteroatoms. The molecule has 0 saturated heterocycles. The van der Waals surface area contributed by atoms with Gasteiger partial charge in [-0.05, 0) is 0 Å². The molecule has 0 N–H and O–H groups in total. The molecule has 0 unspecified atom stereocenters. The van der Waals surface area contributed by atoms with Crippen LogP contribution in [0.1, 0.15) is 43.6 Å². The average molecular weight is 154 g/mol. The van der Waals surface area contributed by atoms with Crippen molar-refractivity contribution < 1.29 is 18.9 Å². The zero-order valence-corrected chi connectivity index (χ0v) is 7.92. The first-order chi connectivity index (χ1) is 5.47. The molecule has 12 heavy (non-hydrogen) atoms. The molecular formula is C11H15Li. The summed E-state index contributed by atoms with van der Waals surface area (Å²) in [7, 11) is 0. The van der Waals surface area contributed by atoms with Gasteiger partial charge in [-0.25, -0.2) is 12.1 Å². The van der Waals surface area contributed by atoms with Crippen LogP contribution in [0.4, 0.5) is 0 Å². The molecule has 1 aromatic carbocycles. The third-order valence-corrected chi connectivity index (χ3v) is 2.77. The summed E-state index contributed by atoms with van der Waals surface area (Å²) in [6, 6.07) is 8.86. The average Bonchev–Trinajstić information content (AvgIpc) is 2.58. The standard InChI is InChI=1S/C11H15.Li/c1-2-6-10(7-3-1)11-8-4-5-9-11;/h4-5,8-10H,1-3,6-7H2;/q-1;+1. The summed E-state index contributed by atoms with van der Waals surface area (Å²) in [6.45, 7) is 0. The molecule has 1 aromatic rings. The van der Waals surface area contributed by atoms with Crippen molar-refractivity contribution in [3.05, 3.63) is 29.8 Å². The van der Waals surface area contributed by atoms with Crippen LogP contribution >= 0.6 is 0 Å². The monoisotopic (exact) mass is 154 g/mol. The van der Waals surface area contributed by atoms with E-state index in [1.807, 2.05) is 0 Å². The van der Waals surface area contributed by atoms with Crippen molar-refractivity contribution in [2.45, 2.75) is 38.0 Å². The Morgan fingerprint density at radius 3 is 2.08 bits per heavy atom. The Morgan fingerprint density at radius 1 is 0.917 bits per heavy atom. The van der Waals surface area contributed by atoms with Crippen LogP contribution in [0.3, 0.4) is 0 Å². The van der Waals surface area contributed by atoms with Crippen molar-refractivity contribution >= 4 is 0 Å². The van der Waals surface area contributed by atoms with Gasteiger partial charge in [0.25, 0.3) is 0 Å². The molecule has 0 atom stereocenters. The van der Waals surface area contributed by atoms with E-state index in [0.29, 0.717) is 0 Å². The molecule has 1 aliphatic rings. The fourth-order valence-electron chi connectivity index (χ4n) is 2.10. The molecular weight excluding hydrogens is 139 g/mol. The Labute approximate surface area is 86.9 Å². The van der Waals surface area contributed by atoms with E-state index in [4.69, 9.17) is 0 Å². The summed E-state index contributed by atoms with van der Waals surface area (Å²) in [6.07, 6.45) is 7.18. The molecule has 0 nitrogen and oxygen atoms in total. The van der Waals surface area contributed by atoms with Gasteiger partial charge in [0.2, 0.25) is 0 Å². The number of hydrogen-bond acceptors (Lipinski definition) is 0. The summed E-state index contributed by atoms with van der Waals surface area (Å²) in [4.78, 5) is 0. The Balaban J connectivity index is 0.000000720. The summed E-state index contributed by atoms with van der Waals surface area (Å²) in [5.41, 5.74) is 1.57. The maximum absolute atomic E-state index is 2.27. The van der Waals surface area contributed by atoms with Crippen LogP contribution in [0, 0.1) is 0 Å². The van der Waals surface area contributed by atoms with Crippen molar-refractivity contribution in [1.82, 2.24) is 0 Å². The third-order valence-electron chi connectivity index (χ3n) is 2.77. The minimum absolute atomic E-state index is 0. The summed E-state index contributed by atoms with van der Waals surface area (Å²) >= 11 is 0. The number of rotatable bonds is 1. The van der Waals surface area contributed by atoms with Gasteiger partial charge in [0.1, 0.15) is 0 Å². The van der Waals surface area contributed by atoms with Gasteiger partial charge >= 0.3 is 18.9 Å². The van der Waals surface area contributed by atoms with E-state index in [2.05, 4.69) is 24.3 Å². The minimum Gasteiger partial charge on any atom is -0.213 e. The van der Waals surface area contributed by atoms with Gasteiger partial charge in [0.15, 0.2) is 0 Å². The van der Waals surface area contributed by atoms with Gasteiger partial charge in [-0.3, -0.25) is 0 Å². The molecule has 0 radical (unpaired) electrons. The predicted octanol–water partition coefficient (Wildman–Crippen LogP) is 0.457. The Bertz CT molecular complexity index is 195. The third kappa shape index (κ3) is 2.22. The van der Waals surface area contributed by atoms with Crippen LogP contribution in [0.15, 0.2) is 24.3 Å². The van der Waals surface area contributed by atoms with Crippen molar-refractivity contribution in [1.29, 1.82) is 0 Å². The molecule has 1 saturated carbocycles. The molecule has 0 amide bonds. The van der Waals surface area contributed by atoms with Crippen LogP contribution < -0.4 is 18.9 Å². The maximum atomic E-state index is 2.27. The van der Waals surface area contributed by atoms with Gasteiger partial charge in [0.05, 0.1) is 0 Å². The summed E-state index contributed by atoms with van der Waals surface area (Å²) in [5.74, 6) is 0.888. The van der Waals surface area contributed by atoms with Gasteiger partial charge in [-0.2, -0.15) is 17.7 Å². The Kier molecular flexibility index (Phi) is 4.05. The molecule has 1 aliphatic carbocycles. The predicted molar refractivity (Wildman–Crippen MR) is 47.9 cm³/mol. The van der Waals surface area contributed by atoms with Crippen molar-refractivity contribution in [3.63, 3.8) is 0 Å². The van der Waals surface area contributed by atoms with Crippen LogP contribution in [0.2, 0.25) is 0 Å². The largest absolute Gasteiger partial charge is 1.00 e. The molecule has 2 rings (SSSR count). The maximum Gasteiger partial charge on any atom is 1.00 e. The first kappa shape index (κ1) is 10.0. The van der Waals surface area contributed by atoms with Crippen LogP contribution in [0.5, 0.6) is 0 Å². The van der Waals surface area contributed by atoms with E-state index in [1.54, 1.807) is 5.56 Å². The van der Waals surface area contributed by atoms with Crippen molar-refractivity contribution in [2.24, 2.45) is 0 Å². The van der Waals surface area contributed by atoms with Crippen LogP contribution in [-0.4, -0.2) is 0 Å². The normalized spacial score (nSPS) is 18.7. The first-order valence-electron chi connectivity index (χ1n) is 4.68. The van der Waals surface area contributed by atoms with Gasteiger partial charge < -0.3 is 0 Å². The molecule has 60 valence electrons. The van der Waals surface area contributed by atoms with Crippen LogP contribution in [-0.2, 0) is 0 Å². The first-order valence-corrected chi connectivity index (χ1v) is 4.68. The smallest absolute Gasteiger partial charge is 0.213 e. The molecule has 0 spiro atoms. The van der Waals surface area contributed by atoms with Gasteiger partial charge in [-0.15, -0.1) is 0 Å². The van der Waals surface area contributed by atoms with E-state index >= 15 is 0 Å². The van der Waals surface area contributed by atoms with Gasteiger partial charge in [-0.1, -0.05) is 38.0 Å². The van der Waals surface area contributed by atoms with Crippen LogP contribution in [0.25, 0.3) is 0 Å². The summed E-state index contributed by atoms with van der Waals surface area (Å²) in [5, 5.41) is 0. The second-order valence-corrected chi connectivity index (χ2v) is 3.55. The minimum atomic E-state index is 0. The fourth-order valence-corrected chi connectivity index (χ4v) is 2.10. The van der Waals surface area contributed by atoms with Gasteiger partial charge in [0, 0.05) is 0 Å². The van der Waals surface area contributed by atoms with E-state index in [1.165, 1.54) is 32.1 Å². The second kappa shape index (κ2) is 4.85. The topological polar surface area (TPSA) is 0 Å². The fraction of sp³-hybridized carbons (Fsp3) is 0.545. The molecule has 1 fully saturated rings. The quantitative estimate of drug-likeness (QED) is 0.407. The van der Waals surface area contributed by atoms with E-state index in [9.17, 15) is 0 Å². The van der Waals surface area contributed by atoms with E-state index in [0.717, 1.165) is 5.92 Å². The second-order valence-electron chi connectivity index (χ2n) is 3.55. The zero-order valence-electron chi connectivity index (χ0n) is 7.92.